The van der Waals surface area contributed by atoms with Gasteiger partial charge in [-0.2, -0.15) is 5.26 Å². The fourth-order valence-corrected chi connectivity index (χ4v) is 3.34. The first kappa shape index (κ1) is 29.4. The van der Waals surface area contributed by atoms with Gasteiger partial charge in [0.15, 0.2) is 0 Å². The molecule has 4 N–H and O–H groups in total. The molecule has 0 aromatic heterocycles. The summed E-state index contributed by atoms with van der Waals surface area (Å²) in [5.74, 6) is -1.84. The first-order valence-corrected chi connectivity index (χ1v) is 11.6. The molecule has 0 heterocycles. The third-order valence-electron chi connectivity index (χ3n) is 4.89. The number of alkyl carbamates (subject to hydrolysis) is 1. The van der Waals surface area contributed by atoms with Crippen LogP contribution in [-0.2, 0) is 25.5 Å². The van der Waals surface area contributed by atoms with Gasteiger partial charge in [0.2, 0.25) is 17.7 Å². The summed E-state index contributed by atoms with van der Waals surface area (Å²) in [5, 5.41) is 14.8. The first-order valence-electron chi connectivity index (χ1n) is 11.6. The van der Waals surface area contributed by atoms with E-state index in [0.29, 0.717) is 5.56 Å². The molecule has 0 spiro atoms. The molecule has 4 amide bonds. The van der Waals surface area contributed by atoms with Crippen LogP contribution in [0.15, 0.2) is 24.3 Å². The molecular formula is C25H37N5O5. The van der Waals surface area contributed by atoms with Crippen molar-refractivity contribution >= 4 is 23.8 Å². The Hall–Kier alpha value is -3.61. The van der Waals surface area contributed by atoms with Crippen molar-refractivity contribution in [3.05, 3.63) is 35.4 Å². The summed E-state index contributed by atoms with van der Waals surface area (Å²) < 4.78 is 5.25. The summed E-state index contributed by atoms with van der Waals surface area (Å²) in [4.78, 5) is 51.8. The smallest absolute Gasteiger partial charge is 0.408 e. The van der Waals surface area contributed by atoms with Crippen LogP contribution in [0, 0.1) is 11.3 Å². The van der Waals surface area contributed by atoms with Gasteiger partial charge in [-0.05, 0) is 58.6 Å². The van der Waals surface area contributed by atoms with Crippen LogP contribution in [0.2, 0.25) is 0 Å². The Bertz CT molecular complexity index is 931. The second-order valence-corrected chi connectivity index (χ2v) is 9.49. The molecule has 0 bridgehead atoms. The second-order valence-electron chi connectivity index (χ2n) is 9.49. The van der Waals surface area contributed by atoms with Gasteiger partial charge in [0, 0.05) is 12.5 Å². The molecule has 1 rings (SSSR count). The molecule has 0 saturated heterocycles. The molecule has 35 heavy (non-hydrogen) atoms. The Kier molecular flexibility index (Phi) is 11.2. The van der Waals surface area contributed by atoms with Crippen LogP contribution in [0.5, 0.6) is 0 Å². The number of carbonyl (C=O) groups is 4. The van der Waals surface area contributed by atoms with Crippen LogP contribution in [0.1, 0.15) is 71.6 Å². The molecule has 0 aliphatic heterocycles. The van der Waals surface area contributed by atoms with Gasteiger partial charge in [-0.15, -0.1) is 0 Å². The lowest BCUT2D eigenvalue weighted by molar-refractivity contribution is -0.142. The van der Waals surface area contributed by atoms with Crippen molar-refractivity contribution in [1.82, 2.24) is 15.5 Å². The Morgan fingerprint density at radius 1 is 1.11 bits per heavy atom. The summed E-state index contributed by atoms with van der Waals surface area (Å²) >= 11 is 0. The molecular weight excluding hydrogens is 450 g/mol. The number of primary amides is 1. The average Bonchev–Trinajstić information content (AvgIpc) is 2.74. The standard InChI is InChI=1S/C25H37N5O5/c1-7-17-8-10-18(11-9-17)21(22(32)28-16(2)3)30(15-14-26)23(33)19(12-13-20(27)31)29-24(34)35-25(4,5)6/h8-11,16,19,21H,7,12-13,15H2,1-6H3,(H2,27,31)(H,28,32)(H,29,34). The number of ether oxygens (including phenoxy) is 1. The fraction of sp³-hybridized carbons (Fsp3) is 0.560. The number of carbonyl (C=O) groups excluding carboxylic acids is 4. The molecule has 1 aromatic rings. The predicted octanol–water partition coefficient (Wildman–Crippen LogP) is 2.33. The van der Waals surface area contributed by atoms with E-state index < -0.39 is 48.0 Å². The highest BCUT2D eigenvalue weighted by molar-refractivity contribution is 5.92. The van der Waals surface area contributed by atoms with Crippen molar-refractivity contribution in [3.63, 3.8) is 0 Å². The van der Waals surface area contributed by atoms with Crippen LogP contribution >= 0.6 is 0 Å². The topological polar surface area (TPSA) is 155 Å². The van der Waals surface area contributed by atoms with E-state index in [4.69, 9.17) is 10.5 Å². The lowest BCUT2D eigenvalue weighted by atomic mass is 9.99. The Morgan fingerprint density at radius 2 is 1.71 bits per heavy atom. The van der Waals surface area contributed by atoms with Crippen LogP contribution in [0.4, 0.5) is 4.79 Å². The molecule has 10 nitrogen and oxygen atoms in total. The largest absolute Gasteiger partial charge is 0.444 e. The number of nitriles is 1. The van der Waals surface area contributed by atoms with Gasteiger partial charge in [0.1, 0.15) is 24.2 Å². The van der Waals surface area contributed by atoms with Gasteiger partial charge < -0.3 is 26.0 Å². The van der Waals surface area contributed by atoms with Gasteiger partial charge in [-0.1, -0.05) is 31.2 Å². The minimum atomic E-state index is -1.24. The van der Waals surface area contributed by atoms with Crippen molar-refractivity contribution < 1.29 is 23.9 Å². The van der Waals surface area contributed by atoms with E-state index in [1.807, 2.05) is 25.1 Å². The molecule has 2 unspecified atom stereocenters. The first-order chi connectivity index (χ1) is 16.3. The number of nitrogens with zero attached hydrogens (tertiary/aromatic N) is 2. The van der Waals surface area contributed by atoms with Crippen molar-refractivity contribution in [3.8, 4) is 6.07 Å². The quantitative estimate of drug-likeness (QED) is 0.407. The molecule has 0 aliphatic carbocycles. The van der Waals surface area contributed by atoms with E-state index in [-0.39, 0.29) is 18.9 Å². The maximum absolute atomic E-state index is 13.6. The highest BCUT2D eigenvalue weighted by atomic mass is 16.6. The van der Waals surface area contributed by atoms with E-state index >= 15 is 0 Å². The van der Waals surface area contributed by atoms with E-state index in [9.17, 15) is 24.4 Å². The lowest BCUT2D eigenvalue weighted by Crippen LogP contribution is -2.53. The Labute approximate surface area is 207 Å². The zero-order chi connectivity index (χ0) is 26.8. The molecule has 0 saturated carbocycles. The summed E-state index contributed by atoms with van der Waals surface area (Å²) in [5.41, 5.74) is 5.99. The number of hydrogen-bond acceptors (Lipinski definition) is 6. The molecule has 0 aliphatic rings. The van der Waals surface area contributed by atoms with Crippen LogP contribution < -0.4 is 16.4 Å². The second kappa shape index (κ2) is 13.3. The summed E-state index contributed by atoms with van der Waals surface area (Å²) in [7, 11) is 0. The van der Waals surface area contributed by atoms with Crippen LogP contribution in [-0.4, -0.2) is 52.9 Å². The zero-order valence-electron chi connectivity index (χ0n) is 21.4. The highest BCUT2D eigenvalue weighted by Crippen LogP contribution is 2.24. The number of nitrogens with one attached hydrogen (secondary N) is 2. The van der Waals surface area contributed by atoms with E-state index in [1.165, 1.54) is 0 Å². The fourth-order valence-electron chi connectivity index (χ4n) is 3.34. The van der Waals surface area contributed by atoms with Gasteiger partial charge >= 0.3 is 6.09 Å². The molecule has 10 heteroatoms. The van der Waals surface area contributed by atoms with Gasteiger partial charge in [0.05, 0.1) is 6.07 Å². The zero-order valence-corrected chi connectivity index (χ0v) is 21.4. The van der Waals surface area contributed by atoms with E-state index in [0.717, 1.165) is 16.9 Å². The third-order valence-corrected chi connectivity index (χ3v) is 4.89. The molecule has 1 aromatic carbocycles. The van der Waals surface area contributed by atoms with Crippen LogP contribution in [0.25, 0.3) is 0 Å². The number of rotatable bonds is 11. The summed E-state index contributed by atoms with van der Waals surface area (Å²) in [6, 6.07) is 6.51. The van der Waals surface area contributed by atoms with Gasteiger partial charge in [-0.25, -0.2) is 4.79 Å². The number of nitrogens with two attached hydrogens (primary N) is 1. The molecule has 0 fully saturated rings. The van der Waals surface area contributed by atoms with Gasteiger partial charge in [0.25, 0.3) is 0 Å². The normalized spacial score (nSPS) is 12.7. The SMILES string of the molecule is CCc1ccc(C(C(=O)NC(C)C)N(CC#N)C(=O)C(CCC(N)=O)NC(=O)OC(C)(C)C)cc1. The maximum atomic E-state index is 13.6. The Morgan fingerprint density at radius 3 is 2.17 bits per heavy atom. The van der Waals surface area contributed by atoms with E-state index in [1.54, 1.807) is 46.8 Å². The van der Waals surface area contributed by atoms with Crippen LogP contribution in [0.3, 0.4) is 0 Å². The number of hydrogen-bond donors (Lipinski definition) is 3. The molecule has 2 atom stereocenters. The van der Waals surface area contributed by atoms with Crippen molar-refractivity contribution in [2.24, 2.45) is 5.73 Å². The predicted molar refractivity (Wildman–Crippen MR) is 131 cm³/mol. The van der Waals surface area contributed by atoms with Gasteiger partial charge in [-0.3, -0.25) is 14.4 Å². The maximum Gasteiger partial charge on any atom is 0.408 e. The van der Waals surface area contributed by atoms with Crippen molar-refractivity contribution in [1.29, 1.82) is 5.26 Å². The average molecular weight is 488 g/mol. The molecule has 192 valence electrons. The minimum Gasteiger partial charge on any atom is -0.444 e. The summed E-state index contributed by atoms with van der Waals surface area (Å²) in [6.07, 6.45) is -0.393. The van der Waals surface area contributed by atoms with E-state index in [2.05, 4.69) is 10.6 Å². The van der Waals surface area contributed by atoms with Crippen molar-refractivity contribution in [2.75, 3.05) is 6.54 Å². The summed E-state index contributed by atoms with van der Waals surface area (Å²) in [6.45, 7) is 10.1. The number of aryl methyl sites for hydroxylation is 1. The molecule has 0 radical (unpaired) electrons. The number of benzene rings is 1. The minimum absolute atomic E-state index is 0.122. The number of amides is 4. The Balaban J connectivity index is 3.44. The van der Waals surface area contributed by atoms with Crippen molar-refractivity contribution in [2.45, 2.75) is 84.5 Å². The monoisotopic (exact) mass is 487 g/mol. The highest BCUT2D eigenvalue weighted by Gasteiger charge is 2.36. The lowest BCUT2D eigenvalue weighted by Gasteiger charge is -2.33. The third kappa shape index (κ3) is 10.0.